The zero-order valence-corrected chi connectivity index (χ0v) is 29.5. The zero-order chi connectivity index (χ0) is 31.8. The number of nitrogens with zero attached hydrogens (tertiary/aromatic N) is 1. The van der Waals surface area contributed by atoms with Gasteiger partial charge < -0.3 is 8.98 Å². The molecule has 0 spiro atoms. The third-order valence-electron chi connectivity index (χ3n) is 9.55. The number of aromatic nitrogens is 1. The fourth-order valence-electron chi connectivity index (χ4n) is 6.80. The predicted molar refractivity (Wildman–Crippen MR) is 205 cm³/mol. The van der Waals surface area contributed by atoms with Gasteiger partial charge in [-0.1, -0.05) is 135 Å². The van der Waals surface area contributed by atoms with Gasteiger partial charge in [0.1, 0.15) is 11.2 Å². The third-order valence-corrected chi connectivity index (χ3v) is 13.6. The van der Waals surface area contributed by atoms with Crippen LogP contribution >= 0.6 is 0 Å². The van der Waals surface area contributed by atoms with Gasteiger partial charge in [0.2, 0.25) is 0 Å². The van der Waals surface area contributed by atoms with Crippen LogP contribution in [0.2, 0.25) is 39.3 Å². The molecule has 0 fully saturated rings. The van der Waals surface area contributed by atoms with Gasteiger partial charge in [-0.15, -0.1) is 0 Å². The average molecular weight is 630 g/mol. The Morgan fingerprint density at radius 2 is 0.891 bits per heavy atom. The van der Waals surface area contributed by atoms with Crippen LogP contribution in [0.3, 0.4) is 0 Å². The van der Waals surface area contributed by atoms with Crippen LogP contribution in [0.5, 0.6) is 0 Å². The van der Waals surface area contributed by atoms with Gasteiger partial charge >= 0.3 is 0 Å². The first kappa shape index (κ1) is 28.8. The number of para-hydroxylation sites is 1. The molecule has 0 unspecified atom stereocenters. The molecule has 226 valence electrons. The van der Waals surface area contributed by atoms with Crippen molar-refractivity contribution in [2.24, 2.45) is 0 Å². The highest BCUT2D eigenvalue weighted by molar-refractivity contribution is 6.89. The van der Waals surface area contributed by atoms with E-state index in [1.165, 1.54) is 60.1 Å². The standard InChI is InChI=1S/C42H39NOSi2/c1-45(2,3)33-20-22-39-36(26-33)37-27-34(46(4,5)6)21-23-40(37)43(39)32-18-15-29(16-19-32)28-11-13-30(14-12-28)31-17-24-42-38(25-31)35-9-7-8-10-41(35)44-42/h7-27H,1-6H3. The summed E-state index contributed by atoms with van der Waals surface area (Å²) in [5.74, 6) is 0. The Bertz CT molecular complexity index is 2340. The van der Waals surface area contributed by atoms with Crippen molar-refractivity contribution in [1.29, 1.82) is 0 Å². The lowest BCUT2D eigenvalue weighted by molar-refractivity contribution is 0.669. The van der Waals surface area contributed by atoms with E-state index in [4.69, 9.17) is 4.42 Å². The number of hydrogen-bond donors (Lipinski definition) is 0. The molecule has 0 bridgehead atoms. The molecule has 2 aromatic heterocycles. The first-order valence-electron chi connectivity index (χ1n) is 16.3. The summed E-state index contributed by atoms with van der Waals surface area (Å²) in [6.07, 6.45) is 0. The van der Waals surface area contributed by atoms with Gasteiger partial charge in [0, 0.05) is 27.2 Å². The zero-order valence-electron chi connectivity index (χ0n) is 27.5. The summed E-state index contributed by atoms with van der Waals surface area (Å²) < 4.78 is 8.50. The number of rotatable bonds is 5. The summed E-state index contributed by atoms with van der Waals surface area (Å²) in [5.41, 5.74) is 10.5. The first-order chi connectivity index (χ1) is 22.0. The Labute approximate surface area is 272 Å². The molecule has 0 amide bonds. The molecule has 6 aromatic carbocycles. The Balaban J connectivity index is 1.16. The SMILES string of the molecule is C[Si](C)(C)c1ccc2c(c1)c1cc([Si](C)(C)C)ccc1n2-c1ccc(-c2ccc(-c3ccc4oc5ccccc5c4c3)cc2)cc1. The van der Waals surface area contributed by atoms with Crippen molar-refractivity contribution in [3.8, 4) is 27.9 Å². The minimum atomic E-state index is -1.45. The molecule has 0 aliphatic rings. The average Bonchev–Trinajstić information content (AvgIpc) is 3.59. The van der Waals surface area contributed by atoms with Crippen molar-refractivity contribution in [3.05, 3.63) is 127 Å². The smallest absolute Gasteiger partial charge is 0.135 e. The van der Waals surface area contributed by atoms with Crippen molar-refractivity contribution >= 4 is 70.3 Å². The van der Waals surface area contributed by atoms with E-state index in [9.17, 15) is 0 Å². The second kappa shape index (κ2) is 10.4. The van der Waals surface area contributed by atoms with Gasteiger partial charge in [0.15, 0.2) is 0 Å². The highest BCUT2D eigenvalue weighted by Gasteiger charge is 2.22. The van der Waals surface area contributed by atoms with Crippen LogP contribution in [-0.4, -0.2) is 20.7 Å². The fourth-order valence-corrected chi connectivity index (χ4v) is 9.12. The lowest BCUT2D eigenvalue weighted by Crippen LogP contribution is -2.37. The number of benzene rings is 6. The summed E-state index contributed by atoms with van der Waals surface area (Å²) >= 11 is 0. The monoisotopic (exact) mass is 629 g/mol. The van der Waals surface area contributed by atoms with Crippen molar-refractivity contribution in [1.82, 2.24) is 4.57 Å². The van der Waals surface area contributed by atoms with Crippen LogP contribution in [0.4, 0.5) is 0 Å². The second-order valence-electron chi connectivity index (χ2n) is 14.7. The molecular formula is C42H39NOSi2. The van der Waals surface area contributed by atoms with Crippen molar-refractivity contribution in [3.63, 3.8) is 0 Å². The van der Waals surface area contributed by atoms with E-state index in [1.807, 2.05) is 12.1 Å². The lowest BCUT2D eigenvalue weighted by atomic mass is 9.99. The molecule has 8 rings (SSSR count). The van der Waals surface area contributed by atoms with Crippen LogP contribution in [0.25, 0.3) is 71.7 Å². The molecule has 0 atom stereocenters. The van der Waals surface area contributed by atoms with Gasteiger partial charge in [0.05, 0.1) is 27.2 Å². The lowest BCUT2D eigenvalue weighted by Gasteiger charge is -2.17. The molecule has 0 radical (unpaired) electrons. The molecular weight excluding hydrogens is 591 g/mol. The maximum atomic E-state index is 6.04. The maximum absolute atomic E-state index is 6.04. The fraction of sp³-hybridized carbons (Fsp3) is 0.143. The highest BCUT2D eigenvalue weighted by Crippen LogP contribution is 2.35. The number of hydrogen-bond acceptors (Lipinski definition) is 1. The van der Waals surface area contributed by atoms with E-state index in [1.54, 1.807) is 0 Å². The van der Waals surface area contributed by atoms with E-state index in [-0.39, 0.29) is 0 Å². The maximum Gasteiger partial charge on any atom is 0.135 e. The summed E-state index contributed by atoms with van der Waals surface area (Å²) in [6, 6.07) is 47.2. The van der Waals surface area contributed by atoms with Crippen molar-refractivity contribution in [2.75, 3.05) is 0 Å². The molecule has 8 aromatic rings. The van der Waals surface area contributed by atoms with Crippen LogP contribution in [0.1, 0.15) is 0 Å². The quantitative estimate of drug-likeness (QED) is 0.173. The van der Waals surface area contributed by atoms with Gasteiger partial charge in [0.25, 0.3) is 0 Å². The summed E-state index contributed by atoms with van der Waals surface area (Å²) in [4.78, 5) is 0. The van der Waals surface area contributed by atoms with Crippen LogP contribution < -0.4 is 10.4 Å². The van der Waals surface area contributed by atoms with Crippen molar-refractivity contribution in [2.45, 2.75) is 39.3 Å². The molecule has 0 saturated heterocycles. The van der Waals surface area contributed by atoms with Gasteiger partial charge in [-0.05, 0) is 64.7 Å². The molecule has 0 aliphatic carbocycles. The predicted octanol–water partition coefficient (Wildman–Crippen LogP) is 11.1. The van der Waals surface area contributed by atoms with Gasteiger partial charge in [-0.2, -0.15) is 0 Å². The van der Waals surface area contributed by atoms with Gasteiger partial charge in [-0.3, -0.25) is 0 Å². The van der Waals surface area contributed by atoms with E-state index < -0.39 is 16.1 Å². The van der Waals surface area contributed by atoms with Crippen LogP contribution in [-0.2, 0) is 0 Å². The Kier molecular flexibility index (Phi) is 6.54. The Morgan fingerprint density at radius 3 is 1.46 bits per heavy atom. The summed E-state index contributed by atoms with van der Waals surface area (Å²) in [5, 5.41) is 8.08. The minimum absolute atomic E-state index is 0.929. The summed E-state index contributed by atoms with van der Waals surface area (Å²) in [6.45, 7) is 14.6. The van der Waals surface area contributed by atoms with Crippen molar-refractivity contribution < 1.29 is 4.42 Å². The van der Waals surface area contributed by atoms with E-state index in [0.717, 1.165) is 21.9 Å². The van der Waals surface area contributed by atoms with Crippen LogP contribution in [0.15, 0.2) is 132 Å². The normalized spacial score (nSPS) is 12.6. The summed E-state index contributed by atoms with van der Waals surface area (Å²) in [7, 11) is -2.91. The Morgan fingerprint density at radius 1 is 0.413 bits per heavy atom. The topological polar surface area (TPSA) is 18.1 Å². The van der Waals surface area contributed by atoms with E-state index in [0.29, 0.717) is 0 Å². The third kappa shape index (κ3) is 4.84. The molecule has 0 aliphatic heterocycles. The highest BCUT2D eigenvalue weighted by atomic mass is 28.3. The molecule has 2 nitrogen and oxygen atoms in total. The van der Waals surface area contributed by atoms with Crippen LogP contribution in [0, 0.1) is 0 Å². The largest absolute Gasteiger partial charge is 0.456 e. The number of fused-ring (bicyclic) bond motifs is 6. The van der Waals surface area contributed by atoms with Gasteiger partial charge in [-0.25, -0.2) is 0 Å². The molecule has 4 heteroatoms. The first-order valence-corrected chi connectivity index (χ1v) is 23.3. The second-order valence-corrected chi connectivity index (χ2v) is 24.9. The van der Waals surface area contributed by atoms with E-state index in [2.05, 4.69) is 159 Å². The number of furan rings is 1. The minimum Gasteiger partial charge on any atom is -0.456 e. The van der Waals surface area contributed by atoms with E-state index >= 15 is 0 Å². The molecule has 0 saturated carbocycles. The molecule has 46 heavy (non-hydrogen) atoms. The molecule has 2 heterocycles. The Hall–Kier alpha value is -4.65. The molecule has 0 N–H and O–H groups in total.